The van der Waals surface area contributed by atoms with Crippen molar-refractivity contribution in [3.8, 4) is 11.3 Å². The number of hydrogen-bond acceptors (Lipinski definition) is 5. The summed E-state index contributed by atoms with van der Waals surface area (Å²) in [7, 11) is 0. The van der Waals surface area contributed by atoms with Crippen LogP contribution in [-0.4, -0.2) is 33.0 Å². The second-order valence-corrected chi connectivity index (χ2v) is 6.63. The molecule has 0 saturated carbocycles. The molecule has 29 heavy (non-hydrogen) atoms. The fraction of sp³-hybridized carbons (Fsp3) is 0.150. The second kappa shape index (κ2) is 6.86. The van der Waals surface area contributed by atoms with Crippen LogP contribution in [0.2, 0.25) is 0 Å². The molecule has 1 aliphatic carbocycles. The Labute approximate surface area is 163 Å². The van der Waals surface area contributed by atoms with Gasteiger partial charge in [0.2, 0.25) is 0 Å². The van der Waals surface area contributed by atoms with Gasteiger partial charge in [0, 0.05) is 41.7 Å². The minimum atomic E-state index is -1.17. The first-order valence-electron chi connectivity index (χ1n) is 8.86. The van der Waals surface area contributed by atoms with E-state index in [1.807, 2.05) is 0 Å². The number of benzene rings is 2. The molecule has 0 aliphatic heterocycles. The van der Waals surface area contributed by atoms with E-state index in [1.165, 1.54) is 22.8 Å². The number of amides is 1. The number of hydrogen-bond donors (Lipinski definition) is 2. The van der Waals surface area contributed by atoms with Gasteiger partial charge in [-0.2, -0.15) is 0 Å². The number of aromatic nitrogens is 1. The van der Waals surface area contributed by atoms with Gasteiger partial charge in [-0.1, -0.05) is 24.3 Å². The lowest BCUT2D eigenvalue weighted by Crippen LogP contribution is -2.27. The van der Waals surface area contributed by atoms with Gasteiger partial charge in [0.25, 0.3) is 11.2 Å². The molecule has 1 aromatic heterocycles. The molecule has 9 nitrogen and oxygen atoms in total. The third-order valence-electron chi connectivity index (χ3n) is 4.95. The molecule has 2 aromatic carbocycles. The average Bonchev–Trinajstić information content (AvgIpc) is 3.00. The van der Waals surface area contributed by atoms with Crippen molar-refractivity contribution in [1.29, 1.82) is 0 Å². The van der Waals surface area contributed by atoms with Crippen LogP contribution in [0.25, 0.3) is 22.0 Å². The van der Waals surface area contributed by atoms with Gasteiger partial charge >= 0.3 is 6.09 Å². The number of nitrogens with one attached hydrogen (secondary N) is 1. The minimum Gasteiger partial charge on any atom is -0.465 e. The Kier molecular flexibility index (Phi) is 4.34. The van der Waals surface area contributed by atoms with E-state index in [2.05, 4.69) is 5.32 Å². The molecule has 0 fully saturated rings. The van der Waals surface area contributed by atoms with Crippen molar-refractivity contribution < 1.29 is 19.6 Å². The van der Waals surface area contributed by atoms with Crippen LogP contribution in [0.3, 0.4) is 0 Å². The fourth-order valence-corrected chi connectivity index (χ4v) is 3.73. The summed E-state index contributed by atoms with van der Waals surface area (Å²) in [5.41, 5.74) is 1.19. The first kappa shape index (κ1) is 18.4. The molecular weight excluding hydrogens is 378 g/mol. The van der Waals surface area contributed by atoms with Crippen molar-refractivity contribution in [2.45, 2.75) is 13.0 Å². The molecule has 4 rings (SSSR count). The summed E-state index contributed by atoms with van der Waals surface area (Å²) in [4.78, 5) is 47.5. The third-order valence-corrected chi connectivity index (χ3v) is 4.95. The topological polar surface area (TPSA) is 132 Å². The Balaban J connectivity index is 1.96. The number of ketones is 1. The number of fused-ring (bicyclic) bond motifs is 5. The van der Waals surface area contributed by atoms with Crippen molar-refractivity contribution in [3.63, 3.8) is 0 Å². The molecule has 146 valence electrons. The summed E-state index contributed by atoms with van der Waals surface area (Å²) in [6, 6.07) is 10.8. The number of nitro benzene ring substituents is 1. The highest BCUT2D eigenvalue weighted by Gasteiger charge is 2.32. The average molecular weight is 393 g/mol. The quantitative estimate of drug-likeness (QED) is 0.304. The Morgan fingerprint density at radius 1 is 1.10 bits per heavy atom. The maximum Gasteiger partial charge on any atom is 0.404 e. The number of nitro groups is 1. The SMILES string of the molecule is O=C(O)NCCCn1c2c(c3ccc([N+](=O)[O-])cc3c1=O)C(=O)c1ccccc1-2. The lowest BCUT2D eigenvalue weighted by molar-refractivity contribution is -0.384. The molecular formula is C20H15N3O6. The molecule has 1 aliphatic rings. The van der Waals surface area contributed by atoms with E-state index in [0.29, 0.717) is 34.2 Å². The maximum absolute atomic E-state index is 13.2. The zero-order valence-corrected chi connectivity index (χ0v) is 15.0. The lowest BCUT2D eigenvalue weighted by atomic mass is 10.0. The van der Waals surface area contributed by atoms with E-state index in [0.717, 1.165) is 0 Å². The first-order valence-corrected chi connectivity index (χ1v) is 8.86. The van der Waals surface area contributed by atoms with Gasteiger partial charge in [-0.3, -0.25) is 19.7 Å². The molecule has 2 N–H and O–H groups in total. The van der Waals surface area contributed by atoms with Crippen LogP contribution in [0.5, 0.6) is 0 Å². The summed E-state index contributed by atoms with van der Waals surface area (Å²) >= 11 is 0. The predicted octanol–water partition coefficient (Wildman–Crippen LogP) is 2.78. The van der Waals surface area contributed by atoms with Crippen LogP contribution < -0.4 is 10.9 Å². The number of non-ortho nitro benzene ring substituents is 1. The van der Waals surface area contributed by atoms with E-state index in [4.69, 9.17) is 5.11 Å². The lowest BCUT2D eigenvalue weighted by Gasteiger charge is -2.15. The van der Waals surface area contributed by atoms with Gasteiger partial charge < -0.3 is 15.0 Å². The zero-order valence-electron chi connectivity index (χ0n) is 15.0. The summed E-state index contributed by atoms with van der Waals surface area (Å²) in [5, 5.41) is 22.6. The van der Waals surface area contributed by atoms with Crippen molar-refractivity contribution >= 4 is 28.3 Å². The van der Waals surface area contributed by atoms with Crippen LogP contribution in [0.1, 0.15) is 22.3 Å². The summed E-state index contributed by atoms with van der Waals surface area (Å²) in [5.74, 6) is -0.244. The molecule has 0 saturated heterocycles. The molecule has 9 heteroatoms. The number of carbonyl (C=O) groups excluding carboxylic acids is 1. The third kappa shape index (κ3) is 2.92. The standard InChI is InChI=1S/C20H15N3O6/c24-18-14-5-2-1-4-13(14)17-16(18)12-7-6-11(23(28)29)10-15(12)19(25)22(17)9-3-8-21-20(26)27/h1-2,4-7,10,21H,3,8-9H2,(H,26,27). The number of rotatable bonds is 5. The first-order chi connectivity index (χ1) is 13.9. The Bertz CT molecular complexity index is 1260. The Hall–Kier alpha value is -4.01. The molecule has 0 spiro atoms. The van der Waals surface area contributed by atoms with Gasteiger partial charge in [-0.25, -0.2) is 4.79 Å². The van der Waals surface area contributed by atoms with Gasteiger partial charge in [0.1, 0.15) is 0 Å². The van der Waals surface area contributed by atoms with Crippen LogP contribution in [0.4, 0.5) is 10.5 Å². The highest BCUT2D eigenvalue weighted by Crippen LogP contribution is 2.39. The smallest absolute Gasteiger partial charge is 0.404 e. The minimum absolute atomic E-state index is 0.0882. The van der Waals surface area contributed by atoms with E-state index in [9.17, 15) is 24.5 Å². The largest absolute Gasteiger partial charge is 0.465 e. The van der Waals surface area contributed by atoms with Crippen LogP contribution in [0.15, 0.2) is 47.3 Å². The van der Waals surface area contributed by atoms with E-state index in [-0.39, 0.29) is 29.9 Å². The van der Waals surface area contributed by atoms with Gasteiger partial charge in [-0.15, -0.1) is 0 Å². The molecule has 0 atom stereocenters. The maximum atomic E-state index is 13.2. The number of nitrogens with zero attached hydrogens (tertiary/aromatic N) is 2. The van der Waals surface area contributed by atoms with E-state index >= 15 is 0 Å². The normalized spacial score (nSPS) is 11.9. The highest BCUT2D eigenvalue weighted by atomic mass is 16.6. The van der Waals surface area contributed by atoms with Gasteiger partial charge in [0.15, 0.2) is 5.78 Å². The molecule has 0 unspecified atom stereocenters. The van der Waals surface area contributed by atoms with E-state index < -0.39 is 16.6 Å². The Morgan fingerprint density at radius 2 is 1.83 bits per heavy atom. The Morgan fingerprint density at radius 3 is 2.52 bits per heavy atom. The van der Waals surface area contributed by atoms with Crippen LogP contribution in [0, 0.1) is 10.1 Å². The van der Waals surface area contributed by atoms with Gasteiger partial charge in [-0.05, 0) is 12.5 Å². The van der Waals surface area contributed by atoms with Crippen molar-refractivity contribution in [1.82, 2.24) is 9.88 Å². The highest BCUT2D eigenvalue weighted by molar-refractivity contribution is 6.26. The van der Waals surface area contributed by atoms with Crippen molar-refractivity contribution in [2.24, 2.45) is 0 Å². The fourth-order valence-electron chi connectivity index (χ4n) is 3.73. The van der Waals surface area contributed by atoms with Crippen LogP contribution >= 0.6 is 0 Å². The molecule has 0 radical (unpaired) electrons. The zero-order chi connectivity index (χ0) is 20.7. The summed E-state index contributed by atoms with van der Waals surface area (Å²) in [6.07, 6.45) is -0.854. The van der Waals surface area contributed by atoms with Gasteiger partial charge in [0.05, 0.1) is 21.6 Å². The molecule has 3 aromatic rings. The van der Waals surface area contributed by atoms with Crippen molar-refractivity contribution in [2.75, 3.05) is 6.54 Å². The number of pyridine rings is 1. The number of carbonyl (C=O) groups is 2. The molecule has 1 amide bonds. The molecule has 1 heterocycles. The summed E-state index contributed by atoms with van der Waals surface area (Å²) in [6.45, 7) is 0.279. The second-order valence-electron chi connectivity index (χ2n) is 6.63. The van der Waals surface area contributed by atoms with E-state index in [1.54, 1.807) is 24.3 Å². The predicted molar refractivity (Wildman–Crippen MR) is 104 cm³/mol. The summed E-state index contributed by atoms with van der Waals surface area (Å²) < 4.78 is 1.41. The van der Waals surface area contributed by atoms with Crippen molar-refractivity contribution in [3.05, 3.63) is 74.1 Å². The number of carboxylic acid groups (broad SMARTS) is 1. The van der Waals surface area contributed by atoms with Crippen LogP contribution in [-0.2, 0) is 6.54 Å². The monoisotopic (exact) mass is 393 g/mol. The molecule has 0 bridgehead atoms.